The van der Waals surface area contributed by atoms with Gasteiger partial charge >= 0.3 is 0 Å². The molecule has 2 nitrogen and oxygen atoms in total. The van der Waals surface area contributed by atoms with Crippen LogP contribution in [0.2, 0.25) is 0 Å². The van der Waals surface area contributed by atoms with Crippen molar-refractivity contribution in [3.05, 3.63) is 29.8 Å². The normalized spacial score (nSPS) is 17.2. The molecule has 1 aliphatic heterocycles. The lowest BCUT2D eigenvalue weighted by molar-refractivity contribution is 0.311. The molecule has 19 heavy (non-hydrogen) atoms. The Balaban J connectivity index is 2.02. The fourth-order valence-corrected chi connectivity index (χ4v) is 3.04. The standard InChI is InChI=1S/C17H28N2/c1-4-18-13-16-7-5-6-8-17(16)19-11-9-15(10-12-19)14(2)3/h5-8,14-15,18H,4,9-13H2,1-3H3. The number of para-hydroxylation sites is 1. The van der Waals surface area contributed by atoms with Gasteiger partial charge in [-0.05, 0) is 42.9 Å². The lowest BCUT2D eigenvalue weighted by Gasteiger charge is -2.36. The summed E-state index contributed by atoms with van der Waals surface area (Å²) >= 11 is 0. The molecule has 0 atom stereocenters. The highest BCUT2D eigenvalue weighted by molar-refractivity contribution is 5.53. The van der Waals surface area contributed by atoms with Gasteiger partial charge in [-0.1, -0.05) is 39.0 Å². The van der Waals surface area contributed by atoms with Gasteiger partial charge in [0, 0.05) is 25.3 Å². The Kier molecular flexibility index (Phi) is 5.26. The first-order chi connectivity index (χ1) is 9.22. The average Bonchev–Trinajstić information content (AvgIpc) is 2.45. The van der Waals surface area contributed by atoms with Crippen LogP contribution in [0.4, 0.5) is 5.69 Å². The van der Waals surface area contributed by atoms with Gasteiger partial charge in [-0.2, -0.15) is 0 Å². The monoisotopic (exact) mass is 260 g/mol. The molecular weight excluding hydrogens is 232 g/mol. The lowest BCUT2D eigenvalue weighted by Crippen LogP contribution is -2.36. The van der Waals surface area contributed by atoms with E-state index in [1.807, 2.05) is 0 Å². The van der Waals surface area contributed by atoms with Crippen LogP contribution in [-0.4, -0.2) is 19.6 Å². The summed E-state index contributed by atoms with van der Waals surface area (Å²) < 4.78 is 0. The van der Waals surface area contributed by atoms with Gasteiger partial charge in [-0.25, -0.2) is 0 Å². The molecule has 2 rings (SSSR count). The Morgan fingerprint density at radius 1 is 1.21 bits per heavy atom. The number of rotatable bonds is 5. The van der Waals surface area contributed by atoms with Crippen LogP contribution >= 0.6 is 0 Å². The minimum atomic E-state index is 0.833. The van der Waals surface area contributed by atoms with Crippen molar-refractivity contribution in [2.24, 2.45) is 11.8 Å². The van der Waals surface area contributed by atoms with E-state index in [1.165, 1.54) is 37.2 Å². The zero-order chi connectivity index (χ0) is 13.7. The van der Waals surface area contributed by atoms with Gasteiger partial charge in [0.2, 0.25) is 0 Å². The minimum absolute atomic E-state index is 0.833. The Morgan fingerprint density at radius 3 is 2.53 bits per heavy atom. The number of anilines is 1. The van der Waals surface area contributed by atoms with E-state index in [4.69, 9.17) is 0 Å². The molecule has 2 heteroatoms. The maximum absolute atomic E-state index is 3.44. The highest BCUT2D eigenvalue weighted by atomic mass is 15.1. The molecule has 1 aromatic carbocycles. The van der Waals surface area contributed by atoms with Crippen molar-refractivity contribution >= 4 is 5.69 Å². The Labute approximate surface area is 118 Å². The minimum Gasteiger partial charge on any atom is -0.371 e. The zero-order valence-electron chi connectivity index (χ0n) is 12.7. The van der Waals surface area contributed by atoms with Gasteiger partial charge in [0.05, 0.1) is 0 Å². The Morgan fingerprint density at radius 2 is 1.89 bits per heavy atom. The lowest BCUT2D eigenvalue weighted by atomic mass is 9.86. The first kappa shape index (κ1) is 14.4. The van der Waals surface area contributed by atoms with Crippen LogP contribution in [0.1, 0.15) is 39.2 Å². The third-order valence-corrected chi connectivity index (χ3v) is 4.38. The van der Waals surface area contributed by atoms with Crippen molar-refractivity contribution in [2.45, 2.75) is 40.2 Å². The van der Waals surface area contributed by atoms with Gasteiger partial charge in [0.1, 0.15) is 0 Å². The molecule has 1 N–H and O–H groups in total. The third kappa shape index (κ3) is 3.73. The molecule has 1 heterocycles. The predicted octanol–water partition coefficient (Wildman–Crippen LogP) is 3.67. The molecule has 1 aromatic rings. The van der Waals surface area contributed by atoms with Crippen molar-refractivity contribution in [1.82, 2.24) is 5.32 Å². The second kappa shape index (κ2) is 6.95. The summed E-state index contributed by atoms with van der Waals surface area (Å²) in [7, 11) is 0. The van der Waals surface area contributed by atoms with E-state index in [1.54, 1.807) is 0 Å². The summed E-state index contributed by atoms with van der Waals surface area (Å²) in [4.78, 5) is 2.57. The van der Waals surface area contributed by atoms with Crippen molar-refractivity contribution < 1.29 is 0 Å². The maximum Gasteiger partial charge on any atom is 0.0411 e. The second-order valence-corrected chi connectivity index (χ2v) is 5.98. The van der Waals surface area contributed by atoms with Crippen LogP contribution in [0.3, 0.4) is 0 Å². The second-order valence-electron chi connectivity index (χ2n) is 5.98. The van der Waals surface area contributed by atoms with E-state index in [-0.39, 0.29) is 0 Å². The van der Waals surface area contributed by atoms with Gasteiger partial charge in [-0.15, -0.1) is 0 Å². The van der Waals surface area contributed by atoms with Gasteiger partial charge in [0.25, 0.3) is 0 Å². The number of nitrogens with zero attached hydrogens (tertiary/aromatic N) is 1. The highest BCUT2D eigenvalue weighted by Crippen LogP contribution is 2.29. The smallest absolute Gasteiger partial charge is 0.0411 e. The van der Waals surface area contributed by atoms with Crippen LogP contribution < -0.4 is 10.2 Å². The molecule has 0 bridgehead atoms. The highest BCUT2D eigenvalue weighted by Gasteiger charge is 2.22. The Hall–Kier alpha value is -1.02. The molecule has 1 fully saturated rings. The molecule has 1 aliphatic rings. The molecule has 0 unspecified atom stereocenters. The van der Waals surface area contributed by atoms with E-state index < -0.39 is 0 Å². The fraction of sp³-hybridized carbons (Fsp3) is 0.647. The molecular formula is C17H28N2. The summed E-state index contributed by atoms with van der Waals surface area (Å²) in [6, 6.07) is 8.85. The van der Waals surface area contributed by atoms with Gasteiger partial charge in [-0.3, -0.25) is 0 Å². The molecule has 106 valence electrons. The van der Waals surface area contributed by atoms with Gasteiger partial charge < -0.3 is 10.2 Å². The SMILES string of the molecule is CCNCc1ccccc1N1CCC(C(C)C)CC1. The summed E-state index contributed by atoms with van der Waals surface area (Å²) in [6.07, 6.45) is 2.68. The molecule has 0 amide bonds. The zero-order valence-corrected chi connectivity index (χ0v) is 12.7. The van der Waals surface area contributed by atoms with Crippen molar-refractivity contribution in [3.63, 3.8) is 0 Å². The van der Waals surface area contributed by atoms with Crippen LogP contribution in [0.25, 0.3) is 0 Å². The van der Waals surface area contributed by atoms with Crippen molar-refractivity contribution in [1.29, 1.82) is 0 Å². The van der Waals surface area contributed by atoms with Crippen molar-refractivity contribution in [2.75, 3.05) is 24.5 Å². The number of nitrogens with one attached hydrogen (secondary N) is 1. The fourth-order valence-electron chi connectivity index (χ4n) is 3.04. The number of hydrogen-bond acceptors (Lipinski definition) is 2. The third-order valence-electron chi connectivity index (χ3n) is 4.38. The van der Waals surface area contributed by atoms with Crippen LogP contribution in [0, 0.1) is 11.8 Å². The number of piperidine rings is 1. The maximum atomic E-state index is 3.44. The summed E-state index contributed by atoms with van der Waals surface area (Å²) in [5.41, 5.74) is 2.87. The average molecular weight is 260 g/mol. The van der Waals surface area contributed by atoms with E-state index in [0.29, 0.717) is 0 Å². The molecule has 0 aliphatic carbocycles. The van der Waals surface area contributed by atoms with E-state index in [9.17, 15) is 0 Å². The molecule has 0 spiro atoms. The summed E-state index contributed by atoms with van der Waals surface area (Å²) in [5, 5.41) is 3.44. The quantitative estimate of drug-likeness (QED) is 0.869. The van der Waals surface area contributed by atoms with Crippen LogP contribution in [-0.2, 0) is 6.54 Å². The van der Waals surface area contributed by atoms with Crippen molar-refractivity contribution in [3.8, 4) is 0 Å². The predicted molar refractivity (Wildman–Crippen MR) is 83.6 cm³/mol. The molecule has 1 saturated heterocycles. The summed E-state index contributed by atoms with van der Waals surface area (Å²) in [5.74, 6) is 1.75. The molecule has 0 aromatic heterocycles. The largest absolute Gasteiger partial charge is 0.371 e. The van der Waals surface area contributed by atoms with Crippen LogP contribution in [0.15, 0.2) is 24.3 Å². The molecule has 0 saturated carbocycles. The first-order valence-corrected chi connectivity index (χ1v) is 7.76. The summed E-state index contributed by atoms with van der Waals surface area (Å²) in [6.45, 7) is 11.3. The van der Waals surface area contributed by atoms with Gasteiger partial charge in [0.15, 0.2) is 0 Å². The topological polar surface area (TPSA) is 15.3 Å². The number of hydrogen-bond donors (Lipinski definition) is 1. The Bertz CT molecular complexity index is 379. The van der Waals surface area contributed by atoms with E-state index in [0.717, 1.165) is 24.9 Å². The van der Waals surface area contributed by atoms with E-state index >= 15 is 0 Å². The van der Waals surface area contributed by atoms with Crippen LogP contribution in [0.5, 0.6) is 0 Å². The van der Waals surface area contributed by atoms with E-state index in [2.05, 4.69) is 55.3 Å². The first-order valence-electron chi connectivity index (χ1n) is 7.76. The molecule has 0 radical (unpaired) electrons. The number of benzene rings is 1.